The van der Waals surface area contributed by atoms with Gasteiger partial charge in [0.1, 0.15) is 17.4 Å². The maximum absolute atomic E-state index is 13.3. The predicted octanol–water partition coefficient (Wildman–Crippen LogP) is 2.84. The zero-order chi connectivity index (χ0) is 22.5. The van der Waals surface area contributed by atoms with Crippen LogP contribution in [0.1, 0.15) is 27.6 Å². The van der Waals surface area contributed by atoms with Gasteiger partial charge < -0.3 is 25.0 Å². The van der Waals surface area contributed by atoms with Crippen LogP contribution in [0.2, 0.25) is 0 Å². The minimum absolute atomic E-state index is 0.0272. The Morgan fingerprint density at radius 1 is 1.00 bits per heavy atom. The molecule has 1 heterocycles. The molecule has 3 rings (SSSR count). The van der Waals surface area contributed by atoms with Gasteiger partial charge in [-0.25, -0.2) is 13.6 Å². The number of carbonyl (C=O) groups excluding carboxylic acids is 3. The lowest BCUT2D eigenvalue weighted by Crippen LogP contribution is -2.50. The van der Waals surface area contributed by atoms with Gasteiger partial charge in [0.15, 0.2) is 0 Å². The van der Waals surface area contributed by atoms with E-state index in [-0.39, 0.29) is 42.3 Å². The zero-order valence-corrected chi connectivity index (χ0v) is 16.7. The maximum atomic E-state index is 13.3. The summed E-state index contributed by atoms with van der Waals surface area (Å²) in [6.07, 6.45) is -0.435. The van der Waals surface area contributed by atoms with Gasteiger partial charge in [-0.3, -0.25) is 9.59 Å². The quantitative estimate of drug-likeness (QED) is 0.773. The molecule has 0 aliphatic carbocycles. The third kappa shape index (κ3) is 5.27. The van der Waals surface area contributed by atoms with Crippen molar-refractivity contribution in [2.75, 3.05) is 38.1 Å². The van der Waals surface area contributed by atoms with Crippen LogP contribution in [0.3, 0.4) is 0 Å². The molecule has 2 aromatic rings. The van der Waals surface area contributed by atoms with Gasteiger partial charge in [-0.2, -0.15) is 0 Å². The van der Waals surface area contributed by atoms with Crippen LogP contribution in [0.15, 0.2) is 36.4 Å². The van der Waals surface area contributed by atoms with Crippen molar-refractivity contribution in [3.63, 3.8) is 0 Å². The molecule has 3 amide bonds. The Hall–Kier alpha value is -3.69. The molecule has 1 saturated heterocycles. The summed E-state index contributed by atoms with van der Waals surface area (Å²) in [6.45, 7) is 3.15. The van der Waals surface area contributed by atoms with E-state index in [1.807, 2.05) is 0 Å². The standard InChI is InChI=1S/C21H21F2N3O5/c1-2-31-21(30)26-7-5-25(6-8-26)20(29)17-4-3-16(12-18(17)27)24-19(28)13-9-14(22)11-15(23)10-13/h3-4,9-12,27H,2,5-8H2,1H3,(H,24,28). The molecule has 10 heteroatoms. The first kappa shape index (κ1) is 22.0. The van der Waals surface area contributed by atoms with E-state index in [4.69, 9.17) is 4.74 Å². The normalized spacial score (nSPS) is 13.6. The minimum Gasteiger partial charge on any atom is -0.507 e. The number of rotatable bonds is 4. The Labute approximate surface area is 177 Å². The first-order valence-corrected chi connectivity index (χ1v) is 9.60. The number of carbonyl (C=O) groups is 3. The van der Waals surface area contributed by atoms with E-state index in [0.717, 1.165) is 12.1 Å². The summed E-state index contributed by atoms with van der Waals surface area (Å²) < 4.78 is 31.5. The number of phenolic OH excluding ortho intramolecular Hbond substituents is 1. The number of amides is 3. The van der Waals surface area contributed by atoms with E-state index in [2.05, 4.69) is 5.32 Å². The van der Waals surface area contributed by atoms with Crippen LogP contribution in [0, 0.1) is 11.6 Å². The number of anilines is 1. The Balaban J connectivity index is 1.64. The van der Waals surface area contributed by atoms with Crippen molar-refractivity contribution in [3.05, 3.63) is 59.2 Å². The highest BCUT2D eigenvalue weighted by Gasteiger charge is 2.27. The number of phenols is 1. The molecule has 8 nitrogen and oxygen atoms in total. The summed E-state index contributed by atoms with van der Waals surface area (Å²) in [4.78, 5) is 39.6. The summed E-state index contributed by atoms with van der Waals surface area (Å²) in [6, 6.07) is 6.33. The summed E-state index contributed by atoms with van der Waals surface area (Å²) in [5.74, 6) is -3.34. The lowest BCUT2D eigenvalue weighted by molar-refractivity contribution is 0.0568. The summed E-state index contributed by atoms with van der Waals surface area (Å²) in [5.41, 5.74) is -0.0492. The molecule has 1 fully saturated rings. The van der Waals surface area contributed by atoms with Crippen LogP contribution >= 0.6 is 0 Å². The number of halogens is 2. The second kappa shape index (κ2) is 9.41. The first-order valence-electron chi connectivity index (χ1n) is 9.60. The Bertz CT molecular complexity index is 986. The highest BCUT2D eigenvalue weighted by molar-refractivity contribution is 6.05. The highest BCUT2D eigenvalue weighted by atomic mass is 19.1. The van der Waals surface area contributed by atoms with Gasteiger partial charge in [-0.1, -0.05) is 0 Å². The van der Waals surface area contributed by atoms with Gasteiger partial charge in [0.2, 0.25) is 0 Å². The monoisotopic (exact) mass is 433 g/mol. The number of ether oxygens (including phenoxy) is 1. The van der Waals surface area contributed by atoms with Crippen molar-refractivity contribution in [1.82, 2.24) is 9.80 Å². The Morgan fingerprint density at radius 2 is 1.61 bits per heavy atom. The van der Waals surface area contributed by atoms with Gasteiger partial charge in [-0.15, -0.1) is 0 Å². The number of nitrogens with one attached hydrogen (secondary N) is 1. The molecule has 1 aliphatic heterocycles. The molecule has 2 N–H and O–H groups in total. The first-order chi connectivity index (χ1) is 14.8. The van der Waals surface area contributed by atoms with E-state index in [1.54, 1.807) is 6.92 Å². The Morgan fingerprint density at radius 3 is 2.19 bits per heavy atom. The van der Waals surface area contributed by atoms with Gasteiger partial charge in [0.05, 0.1) is 12.2 Å². The maximum Gasteiger partial charge on any atom is 0.409 e. The smallest absolute Gasteiger partial charge is 0.409 e. The summed E-state index contributed by atoms with van der Waals surface area (Å²) in [7, 11) is 0. The van der Waals surface area contributed by atoms with Gasteiger partial charge in [0, 0.05) is 49.6 Å². The van der Waals surface area contributed by atoms with Crippen molar-refractivity contribution >= 4 is 23.6 Å². The molecular weight excluding hydrogens is 412 g/mol. The topological polar surface area (TPSA) is 99.2 Å². The molecule has 164 valence electrons. The molecule has 0 atom stereocenters. The molecule has 0 unspecified atom stereocenters. The van der Waals surface area contributed by atoms with E-state index in [9.17, 15) is 28.3 Å². The van der Waals surface area contributed by atoms with Crippen molar-refractivity contribution in [2.24, 2.45) is 0 Å². The van der Waals surface area contributed by atoms with Crippen LogP contribution in [-0.4, -0.2) is 65.6 Å². The molecule has 0 aromatic heterocycles. The second-order valence-electron chi connectivity index (χ2n) is 6.82. The molecule has 2 aromatic carbocycles. The van der Waals surface area contributed by atoms with Crippen LogP contribution in [0.5, 0.6) is 5.75 Å². The lowest BCUT2D eigenvalue weighted by atomic mass is 10.1. The van der Waals surface area contributed by atoms with Crippen LogP contribution in [0.4, 0.5) is 19.3 Å². The fraction of sp³-hybridized carbons (Fsp3) is 0.286. The largest absolute Gasteiger partial charge is 0.507 e. The third-order valence-corrected chi connectivity index (χ3v) is 4.70. The van der Waals surface area contributed by atoms with Crippen LogP contribution in [0.25, 0.3) is 0 Å². The number of nitrogens with zero attached hydrogens (tertiary/aromatic N) is 2. The fourth-order valence-electron chi connectivity index (χ4n) is 3.16. The van der Waals surface area contributed by atoms with Gasteiger partial charge in [-0.05, 0) is 31.2 Å². The predicted molar refractivity (Wildman–Crippen MR) is 107 cm³/mol. The molecule has 0 spiro atoms. The SMILES string of the molecule is CCOC(=O)N1CCN(C(=O)c2ccc(NC(=O)c3cc(F)cc(F)c3)cc2O)CC1. The minimum atomic E-state index is -0.892. The van der Waals surface area contributed by atoms with Crippen LogP contribution in [-0.2, 0) is 4.74 Å². The average molecular weight is 433 g/mol. The fourth-order valence-corrected chi connectivity index (χ4v) is 3.16. The molecule has 1 aliphatic rings. The number of benzene rings is 2. The van der Waals surface area contributed by atoms with Gasteiger partial charge >= 0.3 is 6.09 Å². The third-order valence-electron chi connectivity index (χ3n) is 4.70. The van der Waals surface area contributed by atoms with Crippen molar-refractivity contribution in [1.29, 1.82) is 0 Å². The average Bonchev–Trinajstić information content (AvgIpc) is 2.73. The van der Waals surface area contributed by atoms with E-state index in [0.29, 0.717) is 19.2 Å². The number of piperazine rings is 1. The molecule has 0 saturated carbocycles. The highest BCUT2D eigenvalue weighted by Crippen LogP contribution is 2.24. The Kier molecular flexibility index (Phi) is 6.68. The van der Waals surface area contributed by atoms with E-state index < -0.39 is 29.5 Å². The second-order valence-corrected chi connectivity index (χ2v) is 6.82. The number of hydrogen-bond donors (Lipinski definition) is 2. The number of hydrogen-bond acceptors (Lipinski definition) is 5. The van der Waals surface area contributed by atoms with Gasteiger partial charge in [0.25, 0.3) is 11.8 Å². The number of aromatic hydroxyl groups is 1. The lowest BCUT2D eigenvalue weighted by Gasteiger charge is -2.34. The van der Waals surface area contributed by atoms with Crippen molar-refractivity contribution in [2.45, 2.75) is 6.92 Å². The van der Waals surface area contributed by atoms with Crippen molar-refractivity contribution in [3.8, 4) is 5.75 Å². The zero-order valence-electron chi connectivity index (χ0n) is 16.7. The van der Waals surface area contributed by atoms with Crippen molar-refractivity contribution < 1.29 is 33.0 Å². The molecular formula is C21H21F2N3O5. The van der Waals surface area contributed by atoms with E-state index >= 15 is 0 Å². The summed E-state index contributed by atoms with van der Waals surface area (Å²) >= 11 is 0. The van der Waals surface area contributed by atoms with E-state index in [1.165, 1.54) is 28.0 Å². The molecule has 31 heavy (non-hydrogen) atoms. The summed E-state index contributed by atoms with van der Waals surface area (Å²) in [5, 5.41) is 12.7. The van der Waals surface area contributed by atoms with Crippen LogP contribution < -0.4 is 5.32 Å². The molecule has 0 bridgehead atoms. The molecule has 0 radical (unpaired) electrons.